The summed E-state index contributed by atoms with van der Waals surface area (Å²) in [6.45, 7) is 8.99. The normalized spacial score (nSPS) is 17.3. The minimum absolute atomic E-state index is 0.0329. The van der Waals surface area contributed by atoms with Gasteiger partial charge < -0.3 is 29.3 Å². The van der Waals surface area contributed by atoms with Crippen molar-refractivity contribution in [3.63, 3.8) is 0 Å². The predicted molar refractivity (Wildman–Crippen MR) is 132 cm³/mol. The van der Waals surface area contributed by atoms with Crippen LogP contribution in [0.25, 0.3) is 5.76 Å². The third-order valence-electron chi connectivity index (χ3n) is 5.70. The van der Waals surface area contributed by atoms with Crippen molar-refractivity contribution < 1.29 is 34.0 Å². The number of hydrogen-bond donors (Lipinski definition) is 2. The lowest BCUT2D eigenvalue weighted by Gasteiger charge is -2.25. The van der Waals surface area contributed by atoms with Crippen molar-refractivity contribution in [3.8, 4) is 17.2 Å². The zero-order valence-corrected chi connectivity index (χ0v) is 20.8. The SMILES string of the molecule is CCOc1cc([C@@H]2C(=C(O)c3ccc(OCC(C)C)c(C)c3)C(=O)C(=O)N2CCOC)ccc1O. The van der Waals surface area contributed by atoms with Crippen molar-refractivity contribution in [2.75, 3.05) is 33.5 Å². The number of nitrogens with zero attached hydrogens (tertiary/aromatic N) is 1. The van der Waals surface area contributed by atoms with Crippen LogP contribution in [0.4, 0.5) is 0 Å². The third kappa shape index (κ3) is 5.59. The van der Waals surface area contributed by atoms with Crippen LogP contribution in [0.2, 0.25) is 0 Å². The maximum atomic E-state index is 13.1. The first kappa shape index (κ1) is 26.1. The molecular weight excluding hydrogens is 450 g/mol. The van der Waals surface area contributed by atoms with E-state index in [0.717, 1.165) is 5.56 Å². The molecule has 0 bridgehead atoms. The smallest absolute Gasteiger partial charge is 0.295 e. The van der Waals surface area contributed by atoms with Crippen LogP contribution in [0, 0.1) is 12.8 Å². The zero-order valence-electron chi connectivity index (χ0n) is 20.8. The topological polar surface area (TPSA) is 106 Å². The second-order valence-corrected chi connectivity index (χ2v) is 8.83. The summed E-state index contributed by atoms with van der Waals surface area (Å²) >= 11 is 0. The van der Waals surface area contributed by atoms with Crippen LogP contribution in [0.15, 0.2) is 42.0 Å². The van der Waals surface area contributed by atoms with Crippen LogP contribution in [-0.2, 0) is 14.3 Å². The van der Waals surface area contributed by atoms with E-state index in [2.05, 4.69) is 13.8 Å². The van der Waals surface area contributed by atoms with Crippen molar-refractivity contribution in [2.45, 2.75) is 33.7 Å². The number of carbonyl (C=O) groups is 2. The average molecular weight is 484 g/mol. The first-order valence-corrected chi connectivity index (χ1v) is 11.7. The number of aliphatic hydroxyl groups is 1. The average Bonchev–Trinajstić information content (AvgIpc) is 3.07. The monoisotopic (exact) mass is 483 g/mol. The molecule has 1 saturated heterocycles. The zero-order chi connectivity index (χ0) is 25.7. The molecular formula is C27H33NO7. The number of hydrogen-bond acceptors (Lipinski definition) is 7. The summed E-state index contributed by atoms with van der Waals surface area (Å²) in [6.07, 6.45) is 0. The Labute approximate surface area is 205 Å². The van der Waals surface area contributed by atoms with Crippen molar-refractivity contribution in [3.05, 3.63) is 58.7 Å². The van der Waals surface area contributed by atoms with Gasteiger partial charge in [0, 0.05) is 19.2 Å². The summed E-state index contributed by atoms with van der Waals surface area (Å²) in [5.74, 6) is -0.579. The maximum Gasteiger partial charge on any atom is 0.295 e. The summed E-state index contributed by atoms with van der Waals surface area (Å²) in [7, 11) is 1.50. The highest BCUT2D eigenvalue weighted by atomic mass is 16.5. The van der Waals surface area contributed by atoms with E-state index in [0.29, 0.717) is 36.0 Å². The second kappa shape index (κ2) is 11.3. The number of aryl methyl sites for hydroxylation is 1. The number of rotatable bonds is 10. The number of ketones is 1. The Morgan fingerprint density at radius 3 is 2.46 bits per heavy atom. The number of benzene rings is 2. The summed E-state index contributed by atoms with van der Waals surface area (Å²) in [5, 5.41) is 21.4. The Balaban J connectivity index is 2.11. The van der Waals surface area contributed by atoms with Gasteiger partial charge in [-0.05, 0) is 61.2 Å². The predicted octanol–water partition coefficient (Wildman–Crippen LogP) is 4.20. The number of aliphatic hydroxyl groups excluding tert-OH is 1. The second-order valence-electron chi connectivity index (χ2n) is 8.83. The van der Waals surface area contributed by atoms with Crippen LogP contribution < -0.4 is 9.47 Å². The molecule has 0 unspecified atom stereocenters. The molecule has 8 heteroatoms. The molecule has 1 amide bonds. The van der Waals surface area contributed by atoms with Crippen LogP contribution in [0.1, 0.15) is 43.5 Å². The summed E-state index contributed by atoms with van der Waals surface area (Å²) in [6, 6.07) is 8.90. The number of phenolic OH excluding ortho intramolecular Hbond substituents is 1. The molecule has 2 aromatic rings. The van der Waals surface area contributed by atoms with Crippen LogP contribution in [0.5, 0.6) is 17.2 Å². The van der Waals surface area contributed by atoms with Crippen molar-refractivity contribution in [1.29, 1.82) is 0 Å². The molecule has 2 aromatic carbocycles. The number of phenols is 1. The quantitative estimate of drug-likeness (QED) is 0.296. The van der Waals surface area contributed by atoms with E-state index in [-0.39, 0.29) is 36.0 Å². The van der Waals surface area contributed by atoms with Gasteiger partial charge in [-0.1, -0.05) is 19.9 Å². The fourth-order valence-electron chi connectivity index (χ4n) is 3.99. The van der Waals surface area contributed by atoms with E-state index < -0.39 is 17.7 Å². The molecule has 3 rings (SSSR count). The van der Waals surface area contributed by atoms with Gasteiger partial charge in [-0.2, -0.15) is 0 Å². The fraction of sp³-hybridized carbons (Fsp3) is 0.407. The first-order chi connectivity index (χ1) is 16.7. The van der Waals surface area contributed by atoms with Crippen molar-refractivity contribution in [1.82, 2.24) is 4.90 Å². The first-order valence-electron chi connectivity index (χ1n) is 11.7. The van der Waals surface area contributed by atoms with Crippen LogP contribution in [-0.4, -0.2) is 60.3 Å². The number of Topliss-reactive ketones (excluding diaryl/α,β-unsaturated/α-hetero) is 1. The Bertz CT molecular complexity index is 1120. The van der Waals surface area contributed by atoms with E-state index in [1.54, 1.807) is 37.3 Å². The van der Waals surface area contributed by atoms with Gasteiger partial charge in [0.25, 0.3) is 11.7 Å². The number of amides is 1. The molecule has 188 valence electrons. The summed E-state index contributed by atoms with van der Waals surface area (Å²) in [5.41, 5.74) is 1.69. The van der Waals surface area contributed by atoms with E-state index in [1.165, 1.54) is 18.1 Å². The maximum absolute atomic E-state index is 13.1. The number of methoxy groups -OCH3 is 1. The van der Waals surface area contributed by atoms with E-state index in [1.807, 2.05) is 6.92 Å². The molecule has 35 heavy (non-hydrogen) atoms. The molecule has 0 radical (unpaired) electrons. The molecule has 1 fully saturated rings. The fourth-order valence-corrected chi connectivity index (χ4v) is 3.99. The highest BCUT2D eigenvalue weighted by molar-refractivity contribution is 6.46. The highest BCUT2D eigenvalue weighted by Crippen LogP contribution is 2.42. The minimum Gasteiger partial charge on any atom is -0.507 e. The molecule has 2 N–H and O–H groups in total. The summed E-state index contributed by atoms with van der Waals surface area (Å²) < 4.78 is 16.5. The van der Waals surface area contributed by atoms with Gasteiger partial charge >= 0.3 is 0 Å². The Morgan fingerprint density at radius 1 is 1.09 bits per heavy atom. The van der Waals surface area contributed by atoms with Gasteiger partial charge in [0.2, 0.25) is 0 Å². The lowest BCUT2D eigenvalue weighted by atomic mass is 9.94. The van der Waals surface area contributed by atoms with Gasteiger partial charge in [-0.25, -0.2) is 0 Å². The number of ether oxygens (including phenoxy) is 3. The molecule has 0 spiro atoms. The minimum atomic E-state index is -0.873. The lowest BCUT2D eigenvalue weighted by molar-refractivity contribution is -0.140. The summed E-state index contributed by atoms with van der Waals surface area (Å²) in [4.78, 5) is 27.5. The van der Waals surface area contributed by atoms with Crippen molar-refractivity contribution in [2.24, 2.45) is 5.92 Å². The molecule has 0 aliphatic carbocycles. The number of carbonyl (C=O) groups excluding carboxylic acids is 2. The Morgan fingerprint density at radius 2 is 1.83 bits per heavy atom. The Kier molecular flexibility index (Phi) is 8.40. The molecule has 0 saturated carbocycles. The largest absolute Gasteiger partial charge is 0.507 e. The van der Waals surface area contributed by atoms with E-state index in [4.69, 9.17) is 14.2 Å². The molecule has 1 aliphatic heterocycles. The van der Waals surface area contributed by atoms with Gasteiger partial charge in [-0.3, -0.25) is 9.59 Å². The van der Waals surface area contributed by atoms with Crippen LogP contribution in [0.3, 0.4) is 0 Å². The van der Waals surface area contributed by atoms with E-state index >= 15 is 0 Å². The number of aromatic hydroxyl groups is 1. The number of likely N-dealkylation sites (tertiary alicyclic amines) is 1. The van der Waals surface area contributed by atoms with Gasteiger partial charge in [-0.15, -0.1) is 0 Å². The standard InChI is InChI=1S/C27H33NO7/c1-6-34-22-14-18(7-9-20(22)29)24-23(26(31)27(32)28(24)11-12-33-5)25(30)19-8-10-21(17(4)13-19)35-15-16(2)3/h7-10,13-14,16,24,29-30H,6,11-12,15H2,1-5H3/t24-/m1/s1. The molecule has 1 heterocycles. The molecule has 1 atom stereocenters. The van der Waals surface area contributed by atoms with Crippen LogP contribution >= 0.6 is 0 Å². The van der Waals surface area contributed by atoms with Gasteiger partial charge in [0.1, 0.15) is 11.5 Å². The van der Waals surface area contributed by atoms with E-state index in [9.17, 15) is 19.8 Å². The van der Waals surface area contributed by atoms with Gasteiger partial charge in [0.05, 0.1) is 31.4 Å². The lowest BCUT2D eigenvalue weighted by Crippen LogP contribution is -2.32. The van der Waals surface area contributed by atoms with Gasteiger partial charge in [0.15, 0.2) is 11.5 Å². The highest BCUT2D eigenvalue weighted by Gasteiger charge is 2.46. The Hall–Kier alpha value is -3.52. The third-order valence-corrected chi connectivity index (χ3v) is 5.70. The molecule has 8 nitrogen and oxygen atoms in total. The molecule has 0 aromatic heterocycles. The van der Waals surface area contributed by atoms with Crippen molar-refractivity contribution >= 4 is 17.4 Å². The molecule has 1 aliphatic rings.